The van der Waals surface area contributed by atoms with E-state index in [-0.39, 0.29) is 17.7 Å². The van der Waals surface area contributed by atoms with Crippen LogP contribution in [0.4, 0.5) is 0 Å². The van der Waals surface area contributed by atoms with Crippen molar-refractivity contribution in [3.63, 3.8) is 0 Å². The zero-order chi connectivity index (χ0) is 11.4. The Balaban J connectivity index is 2.46. The predicted molar refractivity (Wildman–Crippen MR) is 57.0 cm³/mol. The van der Waals surface area contributed by atoms with Crippen molar-refractivity contribution in [1.29, 1.82) is 0 Å². The summed E-state index contributed by atoms with van der Waals surface area (Å²) in [5, 5.41) is 5.38. The van der Waals surface area contributed by atoms with Gasteiger partial charge < -0.3 is 16.4 Å². The Bertz CT molecular complexity index is 253. The van der Waals surface area contributed by atoms with E-state index in [0.29, 0.717) is 13.0 Å². The molecule has 0 aliphatic carbocycles. The summed E-state index contributed by atoms with van der Waals surface area (Å²) >= 11 is 0. The minimum absolute atomic E-state index is 0.0802. The third kappa shape index (κ3) is 3.20. The van der Waals surface area contributed by atoms with Gasteiger partial charge in [-0.1, -0.05) is 13.8 Å². The Morgan fingerprint density at radius 3 is 2.80 bits per heavy atom. The monoisotopic (exact) mass is 213 g/mol. The second-order valence-electron chi connectivity index (χ2n) is 4.26. The molecule has 15 heavy (non-hydrogen) atoms. The van der Waals surface area contributed by atoms with E-state index in [1.807, 2.05) is 13.8 Å². The lowest BCUT2D eigenvalue weighted by Crippen LogP contribution is -2.54. The lowest BCUT2D eigenvalue weighted by molar-refractivity contribution is -0.131. The van der Waals surface area contributed by atoms with Gasteiger partial charge in [0.25, 0.3) is 0 Å². The first-order valence-corrected chi connectivity index (χ1v) is 5.36. The molecule has 5 heteroatoms. The number of hydrogen-bond donors (Lipinski definition) is 3. The molecule has 1 rings (SSSR count). The van der Waals surface area contributed by atoms with Gasteiger partial charge in [-0.05, 0) is 18.8 Å². The maximum Gasteiger partial charge on any atom is 0.242 e. The largest absolute Gasteiger partial charge is 0.354 e. The Hall–Kier alpha value is -1.10. The van der Waals surface area contributed by atoms with Crippen LogP contribution in [0.3, 0.4) is 0 Å². The normalized spacial score (nSPS) is 23.5. The van der Waals surface area contributed by atoms with E-state index < -0.39 is 12.1 Å². The Morgan fingerprint density at radius 1 is 1.60 bits per heavy atom. The SMILES string of the molecule is CC(C)C(N)C(=O)NC1CCCNC1=O. The Kier molecular flexibility index (Phi) is 4.08. The van der Waals surface area contributed by atoms with Crippen molar-refractivity contribution < 1.29 is 9.59 Å². The molecule has 2 unspecified atom stereocenters. The van der Waals surface area contributed by atoms with Crippen LogP contribution in [0.15, 0.2) is 0 Å². The van der Waals surface area contributed by atoms with E-state index in [0.717, 1.165) is 6.42 Å². The summed E-state index contributed by atoms with van der Waals surface area (Å²) in [6.45, 7) is 4.46. The van der Waals surface area contributed by atoms with Gasteiger partial charge in [0.05, 0.1) is 6.04 Å². The van der Waals surface area contributed by atoms with Crippen molar-refractivity contribution in [1.82, 2.24) is 10.6 Å². The van der Waals surface area contributed by atoms with Gasteiger partial charge in [-0.25, -0.2) is 0 Å². The molecule has 1 heterocycles. The molecule has 0 bridgehead atoms. The number of rotatable bonds is 3. The molecule has 0 aromatic heterocycles. The number of amides is 2. The first-order valence-electron chi connectivity index (χ1n) is 5.36. The number of nitrogens with two attached hydrogens (primary N) is 1. The highest BCUT2D eigenvalue weighted by Crippen LogP contribution is 2.04. The average Bonchev–Trinajstić information content (AvgIpc) is 2.20. The van der Waals surface area contributed by atoms with Crippen LogP contribution in [0.25, 0.3) is 0 Å². The molecule has 86 valence electrons. The van der Waals surface area contributed by atoms with E-state index in [9.17, 15) is 9.59 Å². The molecule has 5 nitrogen and oxygen atoms in total. The summed E-state index contributed by atoms with van der Waals surface area (Å²) in [5.41, 5.74) is 5.68. The molecular weight excluding hydrogens is 194 g/mol. The molecule has 1 aliphatic rings. The summed E-state index contributed by atoms with van der Waals surface area (Å²) in [6, 6.07) is -0.948. The smallest absolute Gasteiger partial charge is 0.242 e. The van der Waals surface area contributed by atoms with E-state index in [4.69, 9.17) is 5.73 Å². The number of carbonyl (C=O) groups excluding carboxylic acids is 2. The van der Waals surface area contributed by atoms with Crippen molar-refractivity contribution in [3.05, 3.63) is 0 Å². The summed E-state index contributed by atoms with van der Waals surface area (Å²) < 4.78 is 0. The highest BCUT2D eigenvalue weighted by molar-refractivity contribution is 5.90. The molecule has 1 fully saturated rings. The zero-order valence-corrected chi connectivity index (χ0v) is 9.25. The molecule has 0 radical (unpaired) electrons. The van der Waals surface area contributed by atoms with Gasteiger partial charge >= 0.3 is 0 Å². The standard InChI is InChI=1S/C10H19N3O2/c1-6(2)8(11)10(15)13-7-4-3-5-12-9(7)14/h6-8H,3-5,11H2,1-2H3,(H,12,14)(H,13,15). The lowest BCUT2D eigenvalue weighted by Gasteiger charge is -2.25. The fourth-order valence-electron chi connectivity index (χ4n) is 1.48. The molecular formula is C10H19N3O2. The van der Waals surface area contributed by atoms with Crippen molar-refractivity contribution in [2.24, 2.45) is 11.7 Å². The van der Waals surface area contributed by atoms with Gasteiger partial charge in [-0.2, -0.15) is 0 Å². The zero-order valence-electron chi connectivity index (χ0n) is 9.25. The van der Waals surface area contributed by atoms with E-state index >= 15 is 0 Å². The third-order valence-corrected chi connectivity index (χ3v) is 2.62. The van der Waals surface area contributed by atoms with Crippen molar-refractivity contribution in [3.8, 4) is 0 Å². The molecule has 0 spiro atoms. The molecule has 2 amide bonds. The van der Waals surface area contributed by atoms with Crippen LogP contribution < -0.4 is 16.4 Å². The van der Waals surface area contributed by atoms with Crippen molar-refractivity contribution >= 4 is 11.8 Å². The lowest BCUT2D eigenvalue weighted by atomic mass is 10.0. The molecule has 0 saturated carbocycles. The number of carbonyl (C=O) groups is 2. The second-order valence-corrected chi connectivity index (χ2v) is 4.26. The first-order chi connectivity index (χ1) is 7.02. The molecule has 2 atom stereocenters. The van der Waals surface area contributed by atoms with Gasteiger partial charge in [-0.3, -0.25) is 9.59 Å². The Morgan fingerprint density at radius 2 is 2.27 bits per heavy atom. The maximum atomic E-state index is 11.6. The van der Waals surface area contributed by atoms with Gasteiger partial charge in [0, 0.05) is 6.54 Å². The van der Waals surface area contributed by atoms with Crippen LogP contribution >= 0.6 is 0 Å². The van der Waals surface area contributed by atoms with Crippen LogP contribution in [-0.2, 0) is 9.59 Å². The minimum atomic E-state index is -0.542. The van der Waals surface area contributed by atoms with Gasteiger partial charge in [0.2, 0.25) is 11.8 Å². The summed E-state index contributed by atoms with van der Waals surface area (Å²) in [7, 11) is 0. The van der Waals surface area contributed by atoms with Gasteiger partial charge in [0.1, 0.15) is 6.04 Å². The fourth-order valence-corrected chi connectivity index (χ4v) is 1.48. The number of nitrogens with one attached hydrogen (secondary N) is 2. The van der Waals surface area contributed by atoms with Crippen LogP contribution in [-0.4, -0.2) is 30.4 Å². The molecule has 0 aromatic rings. The number of hydrogen-bond acceptors (Lipinski definition) is 3. The average molecular weight is 213 g/mol. The molecule has 1 saturated heterocycles. The van der Waals surface area contributed by atoms with E-state index in [1.165, 1.54) is 0 Å². The summed E-state index contributed by atoms with van der Waals surface area (Å²) in [5.74, 6) is -0.269. The third-order valence-electron chi connectivity index (χ3n) is 2.62. The quantitative estimate of drug-likeness (QED) is 0.583. The molecule has 4 N–H and O–H groups in total. The predicted octanol–water partition coefficient (Wildman–Crippen LogP) is -0.635. The Labute approximate surface area is 89.8 Å². The van der Waals surface area contributed by atoms with E-state index in [2.05, 4.69) is 10.6 Å². The second kappa shape index (κ2) is 5.11. The fraction of sp³-hybridized carbons (Fsp3) is 0.800. The topological polar surface area (TPSA) is 84.2 Å². The summed E-state index contributed by atoms with van der Waals surface area (Å²) in [6.07, 6.45) is 1.59. The molecule has 0 aromatic carbocycles. The van der Waals surface area contributed by atoms with Crippen LogP contribution in [0, 0.1) is 5.92 Å². The van der Waals surface area contributed by atoms with Crippen molar-refractivity contribution in [2.45, 2.75) is 38.8 Å². The highest BCUT2D eigenvalue weighted by Gasteiger charge is 2.26. The van der Waals surface area contributed by atoms with Crippen LogP contribution in [0.2, 0.25) is 0 Å². The van der Waals surface area contributed by atoms with Crippen LogP contribution in [0.1, 0.15) is 26.7 Å². The minimum Gasteiger partial charge on any atom is -0.354 e. The summed E-state index contributed by atoms with van der Waals surface area (Å²) in [4.78, 5) is 22.9. The van der Waals surface area contributed by atoms with Gasteiger partial charge in [0.15, 0.2) is 0 Å². The van der Waals surface area contributed by atoms with Crippen molar-refractivity contribution in [2.75, 3.05) is 6.54 Å². The number of piperidine rings is 1. The highest BCUT2D eigenvalue weighted by atomic mass is 16.2. The van der Waals surface area contributed by atoms with Gasteiger partial charge in [-0.15, -0.1) is 0 Å². The first kappa shape index (κ1) is 12.0. The molecule has 1 aliphatic heterocycles. The van der Waals surface area contributed by atoms with Crippen LogP contribution in [0.5, 0.6) is 0 Å². The maximum absolute atomic E-state index is 11.6. The van der Waals surface area contributed by atoms with E-state index in [1.54, 1.807) is 0 Å².